The predicted octanol–water partition coefficient (Wildman–Crippen LogP) is 2.79. The summed E-state index contributed by atoms with van der Waals surface area (Å²) >= 11 is 0. The van der Waals surface area contributed by atoms with Gasteiger partial charge in [0, 0.05) is 13.1 Å². The number of piperidine rings is 1. The van der Waals surface area contributed by atoms with E-state index in [4.69, 9.17) is 4.84 Å². The van der Waals surface area contributed by atoms with E-state index in [1.807, 2.05) is 25.8 Å². The van der Waals surface area contributed by atoms with Crippen LogP contribution in [0.5, 0.6) is 0 Å². The molecule has 0 amide bonds. The molecular weight excluding hydrogens is 230 g/mol. The summed E-state index contributed by atoms with van der Waals surface area (Å²) in [6.07, 6.45) is 4.31. The van der Waals surface area contributed by atoms with Gasteiger partial charge in [-0.3, -0.25) is 9.63 Å². The molecule has 0 aliphatic carbocycles. The highest BCUT2D eigenvalue weighted by Crippen LogP contribution is 2.15. The van der Waals surface area contributed by atoms with E-state index in [1.54, 1.807) is 6.08 Å². The fourth-order valence-electron chi connectivity index (χ4n) is 1.42. The van der Waals surface area contributed by atoms with E-state index in [0.29, 0.717) is 13.1 Å². The van der Waals surface area contributed by atoms with Gasteiger partial charge in [-0.1, -0.05) is 13.0 Å². The lowest BCUT2D eigenvalue weighted by atomic mass is 10.0. The van der Waals surface area contributed by atoms with E-state index >= 15 is 0 Å². The van der Waals surface area contributed by atoms with Gasteiger partial charge < -0.3 is 4.74 Å². The number of hydrogen-bond acceptors (Lipinski definition) is 4. The molecule has 0 bridgehead atoms. The summed E-state index contributed by atoms with van der Waals surface area (Å²) < 4.78 is 4.55. The zero-order valence-corrected chi connectivity index (χ0v) is 12.1. The van der Waals surface area contributed by atoms with Crippen molar-refractivity contribution in [3.63, 3.8) is 0 Å². The lowest BCUT2D eigenvalue weighted by molar-refractivity contribution is -0.162. The first-order valence-corrected chi connectivity index (χ1v) is 6.49. The van der Waals surface area contributed by atoms with Crippen molar-refractivity contribution in [3.8, 4) is 0 Å². The standard InChI is InChI=1S/C9H17NO.C5H10O2/c1-3-8-11-10-6-4-9(2)5-7-10;1-5(2,3)7-4-6/h3,9H,1,4-8H2,2H3;4H,1-3H3. The fourth-order valence-corrected chi connectivity index (χ4v) is 1.42. The van der Waals surface area contributed by atoms with Crippen molar-refractivity contribution >= 4 is 6.47 Å². The molecule has 4 heteroatoms. The highest BCUT2D eigenvalue weighted by Gasteiger charge is 2.15. The van der Waals surface area contributed by atoms with Crippen LogP contribution in [0.15, 0.2) is 12.7 Å². The molecule has 0 atom stereocenters. The van der Waals surface area contributed by atoms with Gasteiger partial charge in [0.05, 0.1) is 6.61 Å². The number of carbonyl (C=O) groups excluding carboxylic acids is 1. The number of nitrogens with zero attached hydrogens (tertiary/aromatic N) is 1. The second kappa shape index (κ2) is 9.11. The van der Waals surface area contributed by atoms with Crippen molar-refractivity contribution in [3.05, 3.63) is 12.7 Å². The number of carbonyl (C=O) groups is 1. The van der Waals surface area contributed by atoms with Gasteiger partial charge in [-0.15, -0.1) is 6.58 Å². The third-order valence-electron chi connectivity index (χ3n) is 2.52. The molecule has 18 heavy (non-hydrogen) atoms. The van der Waals surface area contributed by atoms with E-state index in [0.717, 1.165) is 19.0 Å². The Bertz CT molecular complexity index is 228. The summed E-state index contributed by atoms with van der Waals surface area (Å²) in [5, 5.41) is 2.04. The van der Waals surface area contributed by atoms with E-state index in [9.17, 15) is 4.79 Å². The van der Waals surface area contributed by atoms with Crippen LogP contribution in [-0.2, 0) is 14.4 Å². The zero-order valence-electron chi connectivity index (χ0n) is 12.1. The Hall–Kier alpha value is -0.870. The number of rotatable bonds is 4. The summed E-state index contributed by atoms with van der Waals surface area (Å²) in [5.74, 6) is 0.874. The van der Waals surface area contributed by atoms with E-state index in [-0.39, 0.29) is 5.60 Å². The highest BCUT2D eigenvalue weighted by atomic mass is 16.7. The maximum Gasteiger partial charge on any atom is 0.293 e. The summed E-state index contributed by atoms with van der Waals surface area (Å²) in [4.78, 5) is 15.0. The Balaban J connectivity index is 0.000000360. The molecule has 0 spiro atoms. The van der Waals surface area contributed by atoms with Crippen molar-refractivity contribution in [1.29, 1.82) is 0 Å². The van der Waals surface area contributed by atoms with Crippen molar-refractivity contribution in [2.45, 2.75) is 46.1 Å². The smallest absolute Gasteiger partial charge is 0.293 e. The topological polar surface area (TPSA) is 38.8 Å². The molecule has 0 radical (unpaired) electrons. The van der Waals surface area contributed by atoms with Crippen LogP contribution in [0.4, 0.5) is 0 Å². The van der Waals surface area contributed by atoms with Gasteiger partial charge in [-0.2, -0.15) is 5.06 Å². The molecule has 1 aliphatic heterocycles. The molecule has 1 saturated heterocycles. The van der Waals surface area contributed by atoms with Crippen LogP contribution in [0.2, 0.25) is 0 Å². The van der Waals surface area contributed by atoms with Crippen LogP contribution in [0, 0.1) is 5.92 Å². The van der Waals surface area contributed by atoms with Crippen LogP contribution in [0.1, 0.15) is 40.5 Å². The Morgan fingerprint density at radius 2 is 1.89 bits per heavy atom. The molecular formula is C14H27NO3. The van der Waals surface area contributed by atoms with Gasteiger partial charge in [0.15, 0.2) is 0 Å². The van der Waals surface area contributed by atoms with Gasteiger partial charge in [0.1, 0.15) is 5.60 Å². The minimum Gasteiger partial charge on any atom is -0.462 e. The summed E-state index contributed by atoms with van der Waals surface area (Å²) in [6.45, 7) is 14.6. The largest absolute Gasteiger partial charge is 0.462 e. The molecule has 1 aliphatic rings. The van der Waals surface area contributed by atoms with Gasteiger partial charge >= 0.3 is 0 Å². The van der Waals surface area contributed by atoms with Gasteiger partial charge in [-0.25, -0.2) is 0 Å². The summed E-state index contributed by atoms with van der Waals surface area (Å²) in [5.41, 5.74) is -0.318. The second-order valence-electron chi connectivity index (χ2n) is 5.52. The van der Waals surface area contributed by atoms with Crippen LogP contribution in [0.3, 0.4) is 0 Å². The first-order chi connectivity index (χ1) is 8.39. The molecule has 106 valence electrons. The minimum atomic E-state index is -0.318. The van der Waals surface area contributed by atoms with Crippen LogP contribution < -0.4 is 0 Å². The number of hydrogen-bond donors (Lipinski definition) is 0. The van der Waals surface area contributed by atoms with Crippen LogP contribution in [-0.4, -0.2) is 36.8 Å². The maximum absolute atomic E-state index is 9.60. The quantitative estimate of drug-likeness (QED) is 0.573. The van der Waals surface area contributed by atoms with Gasteiger partial charge in [0.25, 0.3) is 6.47 Å². The Kier molecular flexibility index (Phi) is 8.67. The molecule has 0 aromatic heterocycles. The van der Waals surface area contributed by atoms with Crippen molar-refractivity contribution in [1.82, 2.24) is 5.06 Å². The SMILES string of the molecule is C=CCON1CCC(C)CC1.CC(C)(C)OC=O. The second-order valence-corrected chi connectivity index (χ2v) is 5.52. The van der Waals surface area contributed by atoms with E-state index in [1.165, 1.54) is 12.8 Å². The molecule has 1 heterocycles. The third-order valence-corrected chi connectivity index (χ3v) is 2.52. The number of ether oxygens (including phenoxy) is 1. The normalized spacial score (nSPS) is 17.6. The monoisotopic (exact) mass is 257 g/mol. The van der Waals surface area contributed by atoms with Crippen LogP contribution in [0.25, 0.3) is 0 Å². The van der Waals surface area contributed by atoms with Crippen molar-refractivity contribution < 1.29 is 14.4 Å². The van der Waals surface area contributed by atoms with Crippen molar-refractivity contribution in [2.75, 3.05) is 19.7 Å². The molecule has 1 fully saturated rings. The molecule has 1 rings (SSSR count). The average molecular weight is 257 g/mol. The molecule has 0 saturated carbocycles. The Morgan fingerprint density at radius 1 is 1.33 bits per heavy atom. The van der Waals surface area contributed by atoms with Crippen molar-refractivity contribution in [2.24, 2.45) is 5.92 Å². The third kappa shape index (κ3) is 10.3. The van der Waals surface area contributed by atoms with Gasteiger partial charge in [0.2, 0.25) is 0 Å². The zero-order chi connectivity index (χ0) is 14.0. The Morgan fingerprint density at radius 3 is 2.22 bits per heavy atom. The Labute approximate surface area is 111 Å². The maximum atomic E-state index is 9.60. The summed E-state index contributed by atoms with van der Waals surface area (Å²) in [7, 11) is 0. The first kappa shape index (κ1) is 17.1. The lowest BCUT2D eigenvalue weighted by Crippen LogP contribution is -2.32. The molecule has 4 nitrogen and oxygen atoms in total. The highest BCUT2D eigenvalue weighted by molar-refractivity contribution is 5.37. The minimum absolute atomic E-state index is 0.318. The number of hydroxylamine groups is 2. The average Bonchev–Trinajstić information content (AvgIpc) is 2.28. The first-order valence-electron chi connectivity index (χ1n) is 6.49. The molecule has 0 unspecified atom stereocenters. The molecule has 0 N–H and O–H groups in total. The molecule has 0 aromatic rings. The van der Waals surface area contributed by atoms with E-state index in [2.05, 4.69) is 18.2 Å². The lowest BCUT2D eigenvalue weighted by Gasteiger charge is -2.28. The fraction of sp³-hybridized carbons (Fsp3) is 0.786. The van der Waals surface area contributed by atoms with Gasteiger partial charge in [-0.05, 0) is 39.5 Å². The predicted molar refractivity (Wildman–Crippen MR) is 73.0 cm³/mol. The molecule has 0 aromatic carbocycles. The van der Waals surface area contributed by atoms with Crippen LogP contribution >= 0.6 is 0 Å². The van der Waals surface area contributed by atoms with E-state index < -0.39 is 0 Å². The summed E-state index contributed by atoms with van der Waals surface area (Å²) in [6, 6.07) is 0.